The van der Waals surface area contributed by atoms with Crippen LogP contribution in [0.1, 0.15) is 0 Å². The van der Waals surface area contributed by atoms with E-state index in [0.29, 0.717) is 32.1 Å². The van der Waals surface area contributed by atoms with Gasteiger partial charge in [-0.2, -0.15) is 0 Å². The first-order chi connectivity index (χ1) is 8.15. The molecule has 1 aliphatic rings. The van der Waals surface area contributed by atoms with Crippen molar-refractivity contribution in [3.8, 4) is 0 Å². The fourth-order valence-corrected chi connectivity index (χ4v) is 1.54. The lowest BCUT2D eigenvalue weighted by Gasteiger charge is -2.27. The van der Waals surface area contributed by atoms with E-state index in [1.54, 1.807) is 0 Å². The Morgan fingerprint density at radius 3 is 2.82 bits per heavy atom. The molecule has 17 heavy (non-hydrogen) atoms. The minimum Gasteiger partial charge on any atom is -0.383 e. The molecule has 0 bridgehead atoms. The van der Waals surface area contributed by atoms with E-state index in [0.717, 1.165) is 0 Å². The summed E-state index contributed by atoms with van der Waals surface area (Å²) in [7, 11) is 0. The summed E-state index contributed by atoms with van der Waals surface area (Å²) >= 11 is 0. The third-order valence-electron chi connectivity index (χ3n) is 2.32. The van der Waals surface area contributed by atoms with E-state index in [1.165, 1.54) is 12.1 Å². The molecule has 1 aromatic heterocycles. The molecule has 0 aromatic carbocycles. The summed E-state index contributed by atoms with van der Waals surface area (Å²) < 4.78 is 5.19. The smallest absolute Gasteiger partial charge is 0.276 e. The zero-order chi connectivity index (χ0) is 12.3. The van der Waals surface area contributed by atoms with Crippen molar-refractivity contribution in [3.63, 3.8) is 0 Å². The summed E-state index contributed by atoms with van der Waals surface area (Å²) in [6.07, 6.45) is 0. The summed E-state index contributed by atoms with van der Waals surface area (Å²) in [6, 6.07) is 2.58. The van der Waals surface area contributed by atoms with E-state index in [4.69, 9.17) is 10.5 Å². The number of hydrazine groups is 1. The molecule has 3 N–H and O–H groups in total. The van der Waals surface area contributed by atoms with Gasteiger partial charge < -0.3 is 15.9 Å². The van der Waals surface area contributed by atoms with Crippen LogP contribution in [-0.2, 0) is 4.74 Å². The zero-order valence-corrected chi connectivity index (χ0v) is 9.13. The molecule has 0 radical (unpaired) electrons. The standard InChI is InChI=1S/C9H13N5O3/c10-8-5-7(14(15)16)6-9(11-8)12-13-1-3-17-4-2-13/h5-6H,1-4H2,(H3,10,11,12). The van der Waals surface area contributed by atoms with Crippen molar-refractivity contribution >= 4 is 17.3 Å². The van der Waals surface area contributed by atoms with Gasteiger partial charge in [-0.25, -0.2) is 9.99 Å². The number of nitro groups is 1. The molecule has 1 fully saturated rings. The Labute approximate surface area is 97.5 Å². The number of anilines is 2. The van der Waals surface area contributed by atoms with Gasteiger partial charge in [-0.05, 0) is 0 Å². The number of nitrogens with two attached hydrogens (primary N) is 1. The first kappa shape index (κ1) is 11.6. The highest BCUT2D eigenvalue weighted by atomic mass is 16.6. The number of nitrogens with one attached hydrogen (secondary N) is 1. The first-order valence-corrected chi connectivity index (χ1v) is 5.16. The van der Waals surface area contributed by atoms with Gasteiger partial charge in [-0.3, -0.25) is 10.1 Å². The minimum absolute atomic E-state index is 0.0757. The maximum absolute atomic E-state index is 10.7. The molecule has 2 rings (SSSR count). The number of rotatable bonds is 3. The number of hydrogen-bond acceptors (Lipinski definition) is 7. The second kappa shape index (κ2) is 4.93. The average Bonchev–Trinajstić information content (AvgIpc) is 2.29. The largest absolute Gasteiger partial charge is 0.383 e. The van der Waals surface area contributed by atoms with Crippen molar-refractivity contribution in [2.75, 3.05) is 37.5 Å². The topological polar surface area (TPSA) is 107 Å². The van der Waals surface area contributed by atoms with Crippen LogP contribution in [0.3, 0.4) is 0 Å². The number of hydrogen-bond donors (Lipinski definition) is 2. The number of nitrogen functional groups attached to an aromatic ring is 1. The molecule has 2 heterocycles. The molecule has 1 saturated heterocycles. The van der Waals surface area contributed by atoms with Crippen molar-refractivity contribution in [1.29, 1.82) is 0 Å². The van der Waals surface area contributed by atoms with Crippen LogP contribution in [0, 0.1) is 10.1 Å². The Hall–Kier alpha value is -1.93. The fraction of sp³-hybridized carbons (Fsp3) is 0.444. The van der Waals surface area contributed by atoms with E-state index in [-0.39, 0.29) is 11.5 Å². The van der Waals surface area contributed by atoms with Gasteiger partial charge in [0.15, 0.2) is 0 Å². The van der Waals surface area contributed by atoms with Gasteiger partial charge in [-0.15, -0.1) is 0 Å². The van der Waals surface area contributed by atoms with Gasteiger partial charge in [0.05, 0.1) is 30.3 Å². The van der Waals surface area contributed by atoms with Gasteiger partial charge in [0.25, 0.3) is 5.69 Å². The lowest BCUT2D eigenvalue weighted by Crippen LogP contribution is -2.40. The summed E-state index contributed by atoms with van der Waals surface area (Å²) in [5.74, 6) is 0.494. The molecule has 0 spiro atoms. The zero-order valence-electron chi connectivity index (χ0n) is 9.13. The molecule has 0 atom stereocenters. The fourth-order valence-electron chi connectivity index (χ4n) is 1.54. The Morgan fingerprint density at radius 2 is 2.18 bits per heavy atom. The summed E-state index contributed by atoms with van der Waals surface area (Å²) in [5, 5.41) is 12.5. The number of morpholine rings is 1. The molecular formula is C9H13N5O3. The Morgan fingerprint density at radius 1 is 1.47 bits per heavy atom. The normalized spacial score (nSPS) is 16.7. The Balaban J connectivity index is 2.11. The predicted octanol–water partition coefficient (Wildman–Crippen LogP) is 0.231. The van der Waals surface area contributed by atoms with Crippen LogP contribution in [0.4, 0.5) is 17.3 Å². The van der Waals surface area contributed by atoms with E-state index < -0.39 is 4.92 Å². The molecule has 0 aliphatic carbocycles. The number of nitrogens with zero attached hydrogens (tertiary/aromatic N) is 3. The lowest BCUT2D eigenvalue weighted by molar-refractivity contribution is -0.384. The molecule has 92 valence electrons. The highest BCUT2D eigenvalue weighted by Gasteiger charge is 2.14. The van der Waals surface area contributed by atoms with Crippen LogP contribution in [0.15, 0.2) is 12.1 Å². The second-order valence-corrected chi connectivity index (χ2v) is 3.60. The third-order valence-corrected chi connectivity index (χ3v) is 2.32. The monoisotopic (exact) mass is 239 g/mol. The van der Waals surface area contributed by atoms with Gasteiger partial charge in [0, 0.05) is 13.1 Å². The maximum Gasteiger partial charge on any atom is 0.276 e. The van der Waals surface area contributed by atoms with Crippen LogP contribution in [0.25, 0.3) is 0 Å². The van der Waals surface area contributed by atoms with Crippen LogP contribution in [0.5, 0.6) is 0 Å². The SMILES string of the molecule is Nc1cc([N+](=O)[O-])cc(NN2CCOCC2)n1. The molecular weight excluding hydrogens is 226 g/mol. The van der Waals surface area contributed by atoms with Crippen molar-refractivity contribution in [2.24, 2.45) is 0 Å². The van der Waals surface area contributed by atoms with Crippen LogP contribution < -0.4 is 11.2 Å². The predicted molar refractivity (Wildman–Crippen MR) is 61.3 cm³/mol. The first-order valence-electron chi connectivity index (χ1n) is 5.16. The molecule has 1 aliphatic heterocycles. The summed E-state index contributed by atoms with van der Waals surface area (Å²) in [6.45, 7) is 2.64. The highest BCUT2D eigenvalue weighted by molar-refractivity contribution is 5.52. The van der Waals surface area contributed by atoms with Gasteiger partial charge in [-0.1, -0.05) is 0 Å². The summed E-state index contributed by atoms with van der Waals surface area (Å²) in [4.78, 5) is 14.2. The lowest BCUT2D eigenvalue weighted by atomic mass is 10.4. The van der Waals surface area contributed by atoms with Gasteiger partial charge in [0.1, 0.15) is 11.6 Å². The van der Waals surface area contributed by atoms with Crippen LogP contribution >= 0.6 is 0 Å². The van der Waals surface area contributed by atoms with Crippen LogP contribution in [-0.4, -0.2) is 41.2 Å². The minimum atomic E-state index is -0.497. The maximum atomic E-state index is 10.7. The molecule has 8 nitrogen and oxygen atoms in total. The molecule has 0 unspecified atom stereocenters. The van der Waals surface area contributed by atoms with E-state index >= 15 is 0 Å². The highest BCUT2D eigenvalue weighted by Crippen LogP contribution is 2.19. The quantitative estimate of drug-likeness (QED) is 0.574. The van der Waals surface area contributed by atoms with Crippen molar-refractivity contribution in [3.05, 3.63) is 22.2 Å². The molecule has 0 amide bonds. The number of pyridine rings is 1. The molecule has 0 saturated carbocycles. The number of aromatic nitrogens is 1. The van der Waals surface area contributed by atoms with Crippen molar-refractivity contribution < 1.29 is 9.66 Å². The van der Waals surface area contributed by atoms with Crippen molar-refractivity contribution in [2.45, 2.75) is 0 Å². The van der Waals surface area contributed by atoms with E-state index in [1.807, 2.05) is 5.01 Å². The van der Waals surface area contributed by atoms with E-state index in [9.17, 15) is 10.1 Å². The molecule has 8 heteroatoms. The van der Waals surface area contributed by atoms with Gasteiger partial charge in [0.2, 0.25) is 0 Å². The van der Waals surface area contributed by atoms with E-state index in [2.05, 4.69) is 10.4 Å². The summed E-state index contributed by atoms with van der Waals surface area (Å²) in [5.41, 5.74) is 8.40. The Bertz CT molecular complexity index is 419. The average molecular weight is 239 g/mol. The Kier molecular flexibility index (Phi) is 3.35. The van der Waals surface area contributed by atoms with Crippen LogP contribution in [0.2, 0.25) is 0 Å². The second-order valence-electron chi connectivity index (χ2n) is 3.60. The number of ether oxygens (including phenoxy) is 1. The van der Waals surface area contributed by atoms with Gasteiger partial charge >= 0.3 is 0 Å². The molecule has 1 aromatic rings. The third kappa shape index (κ3) is 3.02. The van der Waals surface area contributed by atoms with Crippen molar-refractivity contribution in [1.82, 2.24) is 9.99 Å².